The second kappa shape index (κ2) is 4.81. The van der Waals surface area contributed by atoms with Crippen LogP contribution in [0.25, 0.3) is 0 Å². The Hall–Kier alpha value is -1.29. The van der Waals surface area contributed by atoms with Crippen molar-refractivity contribution in [3.05, 3.63) is 23.7 Å². The van der Waals surface area contributed by atoms with Gasteiger partial charge in [0.15, 0.2) is 0 Å². The second-order valence-corrected chi connectivity index (χ2v) is 3.06. The molecule has 1 aromatic rings. The fraction of sp³-hybridized carbons (Fsp3) is 0.500. The number of aryl methyl sites for hydroxylation is 1. The third kappa shape index (κ3) is 2.88. The fourth-order valence-corrected chi connectivity index (χ4v) is 1.15. The van der Waals surface area contributed by atoms with E-state index in [1.54, 1.807) is 13.0 Å². The van der Waals surface area contributed by atoms with Crippen LogP contribution in [0, 0.1) is 6.92 Å². The van der Waals surface area contributed by atoms with Gasteiger partial charge in [0.25, 0.3) is 0 Å². The van der Waals surface area contributed by atoms with Crippen molar-refractivity contribution >= 4 is 5.97 Å². The van der Waals surface area contributed by atoms with E-state index in [1.807, 2.05) is 13.0 Å². The van der Waals surface area contributed by atoms with Gasteiger partial charge in [0, 0.05) is 0 Å². The van der Waals surface area contributed by atoms with Gasteiger partial charge in [-0.3, -0.25) is 4.79 Å². The number of carbonyl (C=O) groups excluding carboxylic acids is 1. The van der Waals surface area contributed by atoms with Crippen LogP contribution in [0.4, 0.5) is 0 Å². The Morgan fingerprint density at radius 3 is 2.86 bits per heavy atom. The van der Waals surface area contributed by atoms with Crippen LogP contribution in [0.5, 0.6) is 0 Å². The normalized spacial score (nSPS) is 12.5. The molecule has 2 N–H and O–H groups in total. The van der Waals surface area contributed by atoms with E-state index in [1.165, 1.54) is 0 Å². The molecule has 0 aromatic carbocycles. The van der Waals surface area contributed by atoms with E-state index >= 15 is 0 Å². The van der Waals surface area contributed by atoms with Crippen LogP contribution in [-0.2, 0) is 9.53 Å². The lowest BCUT2D eigenvalue weighted by Crippen LogP contribution is -2.16. The van der Waals surface area contributed by atoms with E-state index in [9.17, 15) is 4.79 Å². The second-order valence-electron chi connectivity index (χ2n) is 3.06. The van der Waals surface area contributed by atoms with Crippen LogP contribution in [0.1, 0.15) is 30.9 Å². The molecule has 1 atom stereocenters. The van der Waals surface area contributed by atoms with Crippen LogP contribution >= 0.6 is 0 Å². The minimum atomic E-state index is -0.414. The van der Waals surface area contributed by atoms with Crippen LogP contribution < -0.4 is 5.73 Å². The standard InChI is InChI=1S/C10H15NO3/c1-3-13-10(12)6-8(11)9-5-4-7(2)14-9/h4-5,8H,3,6,11H2,1-2H3/t8-/m1/s1. The van der Waals surface area contributed by atoms with Gasteiger partial charge in [0.2, 0.25) is 0 Å². The van der Waals surface area contributed by atoms with Crippen LogP contribution in [0.15, 0.2) is 16.5 Å². The van der Waals surface area contributed by atoms with Crippen LogP contribution in [0.2, 0.25) is 0 Å². The van der Waals surface area contributed by atoms with Gasteiger partial charge >= 0.3 is 5.97 Å². The van der Waals surface area contributed by atoms with E-state index in [-0.39, 0.29) is 12.4 Å². The highest BCUT2D eigenvalue weighted by molar-refractivity contribution is 5.70. The van der Waals surface area contributed by atoms with Crippen molar-refractivity contribution in [1.29, 1.82) is 0 Å². The lowest BCUT2D eigenvalue weighted by atomic mass is 10.2. The Bertz CT molecular complexity index is 306. The Labute approximate surface area is 83.0 Å². The highest BCUT2D eigenvalue weighted by Crippen LogP contribution is 2.17. The molecule has 0 aliphatic rings. The maximum Gasteiger partial charge on any atom is 0.307 e. The Morgan fingerprint density at radius 1 is 1.64 bits per heavy atom. The number of rotatable bonds is 4. The third-order valence-electron chi connectivity index (χ3n) is 1.82. The van der Waals surface area contributed by atoms with Crippen molar-refractivity contribution in [3.63, 3.8) is 0 Å². The van der Waals surface area contributed by atoms with Gasteiger partial charge in [0.05, 0.1) is 19.1 Å². The molecule has 1 rings (SSSR count). The molecular weight excluding hydrogens is 182 g/mol. The summed E-state index contributed by atoms with van der Waals surface area (Å²) in [5, 5.41) is 0. The molecule has 0 bridgehead atoms. The summed E-state index contributed by atoms with van der Waals surface area (Å²) in [4.78, 5) is 11.1. The molecule has 1 heterocycles. The number of hydrogen-bond acceptors (Lipinski definition) is 4. The Morgan fingerprint density at radius 2 is 2.36 bits per heavy atom. The molecule has 4 heteroatoms. The minimum Gasteiger partial charge on any atom is -0.466 e. The average molecular weight is 197 g/mol. The van der Waals surface area contributed by atoms with Crippen molar-refractivity contribution < 1.29 is 13.9 Å². The van der Waals surface area contributed by atoms with Gasteiger partial charge in [-0.15, -0.1) is 0 Å². The average Bonchev–Trinajstić information content (AvgIpc) is 2.52. The van der Waals surface area contributed by atoms with Gasteiger partial charge in [-0.1, -0.05) is 0 Å². The third-order valence-corrected chi connectivity index (χ3v) is 1.82. The van der Waals surface area contributed by atoms with Crippen molar-refractivity contribution in [3.8, 4) is 0 Å². The maximum atomic E-state index is 11.1. The number of carbonyl (C=O) groups is 1. The number of nitrogens with two attached hydrogens (primary N) is 1. The summed E-state index contributed by atoms with van der Waals surface area (Å²) in [5.74, 6) is 1.11. The van der Waals surface area contributed by atoms with Gasteiger partial charge in [0.1, 0.15) is 11.5 Å². The van der Waals surface area contributed by atoms with Crippen LogP contribution in [-0.4, -0.2) is 12.6 Å². The SMILES string of the molecule is CCOC(=O)C[C@@H](N)c1ccc(C)o1. The molecule has 1 aromatic heterocycles. The number of ether oxygens (including phenoxy) is 1. The van der Waals surface area contributed by atoms with E-state index in [4.69, 9.17) is 14.9 Å². The summed E-state index contributed by atoms with van der Waals surface area (Å²) in [6, 6.07) is 3.18. The monoisotopic (exact) mass is 197 g/mol. The van der Waals surface area contributed by atoms with Crippen molar-refractivity contribution in [1.82, 2.24) is 0 Å². The first-order chi connectivity index (χ1) is 6.63. The molecule has 0 aliphatic heterocycles. The summed E-state index contributed by atoms with van der Waals surface area (Å²) >= 11 is 0. The lowest BCUT2D eigenvalue weighted by Gasteiger charge is -2.07. The first-order valence-electron chi connectivity index (χ1n) is 4.61. The Balaban J connectivity index is 2.50. The molecule has 4 nitrogen and oxygen atoms in total. The molecule has 0 amide bonds. The quantitative estimate of drug-likeness (QED) is 0.743. The molecule has 0 saturated heterocycles. The summed E-state index contributed by atoms with van der Waals surface area (Å²) in [6.07, 6.45) is 0.154. The van der Waals surface area contributed by atoms with Crippen LogP contribution in [0.3, 0.4) is 0 Å². The molecule has 78 valence electrons. The van der Waals surface area contributed by atoms with E-state index in [2.05, 4.69) is 0 Å². The summed E-state index contributed by atoms with van der Waals surface area (Å²) in [5.41, 5.74) is 5.74. The summed E-state index contributed by atoms with van der Waals surface area (Å²) in [7, 11) is 0. The number of hydrogen-bond donors (Lipinski definition) is 1. The van der Waals surface area contributed by atoms with Gasteiger partial charge in [-0.2, -0.15) is 0 Å². The largest absolute Gasteiger partial charge is 0.466 e. The predicted molar refractivity (Wildman–Crippen MR) is 51.6 cm³/mol. The zero-order valence-corrected chi connectivity index (χ0v) is 8.45. The van der Waals surface area contributed by atoms with E-state index < -0.39 is 6.04 Å². The fourth-order valence-electron chi connectivity index (χ4n) is 1.15. The van der Waals surface area contributed by atoms with Gasteiger partial charge in [-0.05, 0) is 26.0 Å². The van der Waals surface area contributed by atoms with Crippen molar-refractivity contribution in [2.75, 3.05) is 6.61 Å². The molecule has 0 fully saturated rings. The molecule has 14 heavy (non-hydrogen) atoms. The first-order valence-corrected chi connectivity index (χ1v) is 4.61. The summed E-state index contributed by atoms with van der Waals surface area (Å²) in [6.45, 7) is 3.98. The molecule has 0 radical (unpaired) electrons. The lowest BCUT2D eigenvalue weighted by molar-refractivity contribution is -0.143. The number of esters is 1. The molecule has 0 unspecified atom stereocenters. The van der Waals surface area contributed by atoms with Crippen molar-refractivity contribution in [2.24, 2.45) is 5.73 Å². The predicted octanol–water partition coefficient (Wildman–Crippen LogP) is 1.54. The van der Waals surface area contributed by atoms with E-state index in [0.717, 1.165) is 5.76 Å². The zero-order valence-electron chi connectivity index (χ0n) is 8.45. The number of furan rings is 1. The zero-order chi connectivity index (χ0) is 10.6. The highest BCUT2D eigenvalue weighted by atomic mass is 16.5. The molecule has 0 saturated carbocycles. The molecule has 0 aliphatic carbocycles. The van der Waals surface area contributed by atoms with Gasteiger partial charge in [-0.25, -0.2) is 0 Å². The first kappa shape index (κ1) is 10.8. The molecular formula is C10H15NO3. The topological polar surface area (TPSA) is 65.5 Å². The highest BCUT2D eigenvalue weighted by Gasteiger charge is 2.15. The van der Waals surface area contributed by atoms with Gasteiger partial charge < -0.3 is 14.9 Å². The summed E-state index contributed by atoms with van der Waals surface area (Å²) < 4.78 is 10.1. The maximum absolute atomic E-state index is 11.1. The van der Waals surface area contributed by atoms with Crippen molar-refractivity contribution in [2.45, 2.75) is 26.3 Å². The minimum absolute atomic E-state index is 0.154. The van der Waals surface area contributed by atoms with E-state index in [0.29, 0.717) is 12.4 Å². The Kier molecular flexibility index (Phi) is 3.71. The molecule has 0 spiro atoms. The smallest absolute Gasteiger partial charge is 0.307 e.